The minimum Gasteiger partial charge on any atom is -0.390 e. The van der Waals surface area contributed by atoms with E-state index in [0.29, 0.717) is 30.2 Å². The third-order valence-corrected chi connectivity index (χ3v) is 6.16. The third kappa shape index (κ3) is 3.66. The summed E-state index contributed by atoms with van der Waals surface area (Å²) in [6.07, 6.45) is 3.49. The van der Waals surface area contributed by atoms with Crippen LogP contribution >= 0.6 is 0 Å². The summed E-state index contributed by atoms with van der Waals surface area (Å²) < 4.78 is 28.9. The van der Waals surface area contributed by atoms with E-state index in [2.05, 4.69) is 10.3 Å². The van der Waals surface area contributed by atoms with Crippen LogP contribution in [0, 0.1) is 12.8 Å². The summed E-state index contributed by atoms with van der Waals surface area (Å²) in [5, 5.41) is 16.9. The van der Waals surface area contributed by atoms with E-state index >= 15 is 0 Å². The molecule has 1 aliphatic heterocycles. The quantitative estimate of drug-likeness (QED) is 0.875. The largest absolute Gasteiger partial charge is 0.390 e. The van der Waals surface area contributed by atoms with Crippen LogP contribution in [0.5, 0.6) is 0 Å². The van der Waals surface area contributed by atoms with Gasteiger partial charge in [0.05, 0.1) is 17.7 Å². The van der Waals surface area contributed by atoms with Gasteiger partial charge in [-0.2, -0.15) is 4.31 Å². The monoisotopic (exact) mass is 350 g/mol. The predicted octanol–water partition coefficient (Wildman–Crippen LogP) is 1.18. The van der Waals surface area contributed by atoms with Gasteiger partial charge in [-0.15, -0.1) is 5.10 Å². The molecule has 1 aromatic carbocycles. The molecule has 2 heterocycles. The van der Waals surface area contributed by atoms with Crippen LogP contribution in [0.15, 0.2) is 35.4 Å². The first-order valence-corrected chi connectivity index (χ1v) is 9.50. The molecule has 0 radical (unpaired) electrons. The highest BCUT2D eigenvalue weighted by molar-refractivity contribution is 7.89. The summed E-state index contributed by atoms with van der Waals surface area (Å²) in [7, 11) is -3.46. The number of sulfonamides is 1. The minimum absolute atomic E-state index is 0.140. The van der Waals surface area contributed by atoms with Gasteiger partial charge >= 0.3 is 0 Å². The van der Waals surface area contributed by atoms with Gasteiger partial charge < -0.3 is 5.11 Å². The van der Waals surface area contributed by atoms with Gasteiger partial charge in [-0.3, -0.25) is 4.68 Å². The molecule has 130 valence electrons. The molecular weight excluding hydrogens is 328 g/mol. The summed E-state index contributed by atoms with van der Waals surface area (Å²) in [4.78, 5) is 0.353. The summed E-state index contributed by atoms with van der Waals surface area (Å²) >= 11 is 0. The van der Waals surface area contributed by atoms with Gasteiger partial charge in [-0.05, 0) is 43.4 Å². The first kappa shape index (κ1) is 17.1. The van der Waals surface area contributed by atoms with E-state index in [-0.39, 0.29) is 12.5 Å². The molecule has 0 saturated carbocycles. The number of benzene rings is 1. The topological polar surface area (TPSA) is 88.3 Å². The van der Waals surface area contributed by atoms with Crippen molar-refractivity contribution >= 4 is 10.0 Å². The van der Waals surface area contributed by atoms with Crippen molar-refractivity contribution in [1.82, 2.24) is 19.3 Å². The lowest BCUT2D eigenvalue weighted by atomic mass is 10.00. The van der Waals surface area contributed by atoms with Crippen LogP contribution < -0.4 is 0 Å². The lowest BCUT2D eigenvalue weighted by molar-refractivity contribution is 0.238. The Balaban J connectivity index is 1.72. The molecular formula is C16H22N4O3S. The van der Waals surface area contributed by atoms with Gasteiger partial charge in [-0.1, -0.05) is 17.3 Å². The van der Waals surface area contributed by atoms with Crippen molar-refractivity contribution in [3.8, 4) is 0 Å². The van der Waals surface area contributed by atoms with Crippen molar-refractivity contribution in [3.05, 3.63) is 41.7 Å². The van der Waals surface area contributed by atoms with Crippen LogP contribution in [0.25, 0.3) is 0 Å². The zero-order valence-electron chi connectivity index (χ0n) is 13.7. The van der Waals surface area contributed by atoms with Crippen LogP contribution in [0.3, 0.4) is 0 Å². The van der Waals surface area contributed by atoms with Gasteiger partial charge in [0, 0.05) is 19.6 Å². The van der Waals surface area contributed by atoms with E-state index in [4.69, 9.17) is 5.11 Å². The van der Waals surface area contributed by atoms with E-state index in [9.17, 15) is 8.42 Å². The number of nitrogens with zero attached hydrogens (tertiary/aromatic N) is 4. The molecule has 1 aliphatic rings. The second kappa shape index (κ2) is 7.00. The Kier molecular flexibility index (Phi) is 4.98. The van der Waals surface area contributed by atoms with E-state index in [1.54, 1.807) is 33.4 Å². The average molecular weight is 350 g/mol. The van der Waals surface area contributed by atoms with Crippen molar-refractivity contribution in [3.63, 3.8) is 0 Å². The number of rotatable bonds is 5. The predicted molar refractivity (Wildman–Crippen MR) is 88.6 cm³/mol. The first-order chi connectivity index (χ1) is 11.5. The van der Waals surface area contributed by atoms with Crippen LogP contribution in [-0.2, 0) is 23.2 Å². The molecule has 1 atom stereocenters. The fourth-order valence-corrected chi connectivity index (χ4v) is 4.74. The molecule has 7 nitrogen and oxygen atoms in total. The minimum atomic E-state index is -3.46. The zero-order chi connectivity index (χ0) is 17.2. The van der Waals surface area contributed by atoms with Gasteiger partial charge in [-0.25, -0.2) is 8.42 Å². The second-order valence-corrected chi connectivity index (χ2v) is 8.22. The molecule has 0 bridgehead atoms. The van der Waals surface area contributed by atoms with Crippen LogP contribution in [0.2, 0.25) is 0 Å². The van der Waals surface area contributed by atoms with Crippen LogP contribution in [-0.4, -0.2) is 45.9 Å². The SMILES string of the molecule is Cc1cccc(S(=O)(=O)N2CCC[C@@H](Cn3cc(CO)nn3)C2)c1. The summed E-state index contributed by atoms with van der Waals surface area (Å²) in [5.74, 6) is 0.187. The van der Waals surface area contributed by atoms with Crippen molar-refractivity contribution < 1.29 is 13.5 Å². The summed E-state index contributed by atoms with van der Waals surface area (Å²) in [5.41, 5.74) is 1.46. The molecule has 24 heavy (non-hydrogen) atoms. The maximum atomic E-state index is 12.8. The number of aliphatic hydroxyl groups is 1. The Morgan fingerprint density at radius 1 is 1.38 bits per heavy atom. The molecule has 1 aromatic heterocycles. The van der Waals surface area contributed by atoms with Gasteiger partial charge in [0.1, 0.15) is 5.69 Å². The summed E-state index contributed by atoms with van der Waals surface area (Å²) in [6, 6.07) is 7.03. The molecule has 8 heteroatoms. The maximum absolute atomic E-state index is 12.8. The fourth-order valence-electron chi connectivity index (χ4n) is 3.08. The normalized spacial score (nSPS) is 19.5. The molecule has 1 N–H and O–H groups in total. The molecule has 0 spiro atoms. The number of aromatic nitrogens is 3. The molecule has 2 aromatic rings. The number of hydrogen-bond acceptors (Lipinski definition) is 5. The van der Waals surface area contributed by atoms with Crippen molar-refractivity contribution in [2.75, 3.05) is 13.1 Å². The molecule has 0 amide bonds. The van der Waals surface area contributed by atoms with E-state index in [1.807, 2.05) is 13.0 Å². The smallest absolute Gasteiger partial charge is 0.243 e. The molecule has 3 rings (SSSR count). The van der Waals surface area contributed by atoms with E-state index < -0.39 is 10.0 Å². The molecule has 1 saturated heterocycles. The Labute approximate surface area is 142 Å². The molecule has 0 aliphatic carbocycles. The number of aryl methyl sites for hydroxylation is 1. The van der Waals surface area contributed by atoms with Gasteiger partial charge in [0.2, 0.25) is 10.0 Å². The van der Waals surface area contributed by atoms with Gasteiger partial charge in [0.25, 0.3) is 0 Å². The summed E-state index contributed by atoms with van der Waals surface area (Å²) in [6.45, 7) is 3.38. The second-order valence-electron chi connectivity index (χ2n) is 6.28. The van der Waals surface area contributed by atoms with Crippen molar-refractivity contribution in [2.24, 2.45) is 5.92 Å². The van der Waals surface area contributed by atoms with Crippen molar-refractivity contribution in [2.45, 2.75) is 37.8 Å². The maximum Gasteiger partial charge on any atom is 0.243 e. The number of piperidine rings is 1. The lowest BCUT2D eigenvalue weighted by Crippen LogP contribution is -2.41. The number of hydrogen-bond donors (Lipinski definition) is 1. The van der Waals surface area contributed by atoms with Crippen LogP contribution in [0.4, 0.5) is 0 Å². The van der Waals surface area contributed by atoms with E-state index in [0.717, 1.165) is 18.4 Å². The zero-order valence-corrected chi connectivity index (χ0v) is 14.5. The Morgan fingerprint density at radius 3 is 2.92 bits per heavy atom. The van der Waals surface area contributed by atoms with Gasteiger partial charge in [0.15, 0.2) is 0 Å². The highest BCUT2D eigenvalue weighted by atomic mass is 32.2. The lowest BCUT2D eigenvalue weighted by Gasteiger charge is -2.31. The standard InChI is InChI=1S/C16H22N4O3S/c1-13-4-2-6-16(8-13)24(22,23)20-7-3-5-14(10-20)9-19-11-15(12-21)17-18-19/h2,4,6,8,11,14,21H,3,5,7,9-10,12H2,1H3/t14-/m0/s1. The van der Waals surface area contributed by atoms with Crippen molar-refractivity contribution in [1.29, 1.82) is 0 Å². The highest BCUT2D eigenvalue weighted by Crippen LogP contribution is 2.25. The number of aliphatic hydroxyl groups excluding tert-OH is 1. The Hall–Kier alpha value is -1.77. The molecule has 0 unspecified atom stereocenters. The highest BCUT2D eigenvalue weighted by Gasteiger charge is 2.30. The van der Waals surface area contributed by atoms with E-state index in [1.165, 1.54) is 0 Å². The average Bonchev–Trinajstić information content (AvgIpc) is 3.03. The fraction of sp³-hybridized carbons (Fsp3) is 0.500. The first-order valence-electron chi connectivity index (χ1n) is 8.06. The Bertz CT molecular complexity index is 803. The van der Waals surface area contributed by atoms with Crippen LogP contribution in [0.1, 0.15) is 24.1 Å². The Morgan fingerprint density at radius 2 is 2.21 bits per heavy atom. The third-order valence-electron chi connectivity index (χ3n) is 4.30. The molecule has 1 fully saturated rings.